The SMILES string of the molecule is CS(=O)c1ccc(-c2cnc(OCC3CCN(C(=O)OCc4ccccc4)CC3)cn2)cc1. The van der Waals surface area contributed by atoms with Crippen molar-refractivity contribution in [2.45, 2.75) is 24.3 Å². The Hall–Kier alpha value is -3.26. The van der Waals surface area contributed by atoms with E-state index in [0.29, 0.717) is 38.1 Å². The van der Waals surface area contributed by atoms with E-state index in [9.17, 15) is 9.00 Å². The van der Waals surface area contributed by atoms with E-state index in [1.807, 2.05) is 54.6 Å². The van der Waals surface area contributed by atoms with Gasteiger partial charge in [0.1, 0.15) is 6.61 Å². The third-order valence-corrected chi connectivity index (χ3v) is 6.59. The molecule has 2 heterocycles. The van der Waals surface area contributed by atoms with Gasteiger partial charge in [0.2, 0.25) is 5.88 Å². The molecule has 8 heteroatoms. The first kappa shape index (κ1) is 22.9. The van der Waals surface area contributed by atoms with Crippen LogP contribution in [0.2, 0.25) is 0 Å². The molecule has 7 nitrogen and oxygen atoms in total. The molecule has 33 heavy (non-hydrogen) atoms. The molecule has 0 spiro atoms. The number of benzene rings is 2. The van der Waals surface area contributed by atoms with E-state index in [1.165, 1.54) is 0 Å². The maximum absolute atomic E-state index is 12.3. The van der Waals surface area contributed by atoms with Crippen molar-refractivity contribution >= 4 is 16.9 Å². The Bertz CT molecular complexity index is 1070. The summed E-state index contributed by atoms with van der Waals surface area (Å²) in [7, 11) is -1.00. The topological polar surface area (TPSA) is 81.6 Å². The minimum Gasteiger partial charge on any atom is -0.476 e. The highest BCUT2D eigenvalue weighted by Crippen LogP contribution is 2.21. The number of carbonyl (C=O) groups excluding carboxylic acids is 1. The van der Waals surface area contributed by atoms with Gasteiger partial charge in [0.15, 0.2) is 0 Å². The molecule has 1 aliphatic rings. The summed E-state index contributed by atoms with van der Waals surface area (Å²) in [5.74, 6) is 0.835. The zero-order valence-electron chi connectivity index (χ0n) is 18.6. The van der Waals surface area contributed by atoms with Gasteiger partial charge in [-0.2, -0.15) is 0 Å². The quantitative estimate of drug-likeness (QED) is 0.517. The van der Waals surface area contributed by atoms with Crippen LogP contribution in [-0.4, -0.2) is 51.1 Å². The number of carbonyl (C=O) groups is 1. The summed E-state index contributed by atoms with van der Waals surface area (Å²) >= 11 is 0. The second-order valence-corrected chi connectivity index (χ2v) is 9.38. The predicted octanol–water partition coefficient (Wildman–Crippen LogP) is 4.31. The van der Waals surface area contributed by atoms with Crippen molar-refractivity contribution in [3.63, 3.8) is 0 Å². The van der Waals surface area contributed by atoms with Crippen molar-refractivity contribution in [3.8, 4) is 17.1 Å². The van der Waals surface area contributed by atoms with Gasteiger partial charge in [-0.05, 0) is 36.5 Å². The van der Waals surface area contributed by atoms with E-state index in [2.05, 4.69) is 9.97 Å². The van der Waals surface area contributed by atoms with Gasteiger partial charge in [0.05, 0.1) is 24.7 Å². The molecule has 1 amide bonds. The third-order valence-electron chi connectivity index (χ3n) is 5.65. The minimum atomic E-state index is -1.00. The van der Waals surface area contributed by atoms with E-state index >= 15 is 0 Å². The summed E-state index contributed by atoms with van der Waals surface area (Å²) < 4.78 is 22.8. The molecular formula is C25H27N3O4S. The maximum Gasteiger partial charge on any atom is 0.410 e. The van der Waals surface area contributed by atoms with Crippen LogP contribution < -0.4 is 4.74 Å². The molecule has 0 N–H and O–H groups in total. The van der Waals surface area contributed by atoms with E-state index in [1.54, 1.807) is 23.5 Å². The van der Waals surface area contributed by atoms with Gasteiger partial charge < -0.3 is 14.4 Å². The lowest BCUT2D eigenvalue weighted by Crippen LogP contribution is -2.40. The average Bonchev–Trinajstić information content (AvgIpc) is 2.87. The molecule has 1 atom stereocenters. The smallest absolute Gasteiger partial charge is 0.410 e. The fraction of sp³-hybridized carbons (Fsp3) is 0.320. The Balaban J connectivity index is 1.20. The summed E-state index contributed by atoms with van der Waals surface area (Å²) in [5, 5.41) is 0. The maximum atomic E-state index is 12.3. The fourth-order valence-electron chi connectivity index (χ4n) is 3.65. The number of hydrogen-bond donors (Lipinski definition) is 0. The van der Waals surface area contributed by atoms with Crippen LogP contribution in [-0.2, 0) is 22.1 Å². The number of hydrogen-bond acceptors (Lipinski definition) is 6. The molecule has 3 aromatic rings. The van der Waals surface area contributed by atoms with Crippen LogP contribution in [0, 0.1) is 5.92 Å². The van der Waals surface area contributed by atoms with Crippen molar-refractivity contribution in [1.82, 2.24) is 14.9 Å². The van der Waals surface area contributed by atoms with Crippen LogP contribution in [0.5, 0.6) is 5.88 Å². The number of likely N-dealkylation sites (tertiary alicyclic amines) is 1. The zero-order valence-corrected chi connectivity index (χ0v) is 19.4. The molecule has 0 bridgehead atoms. The molecule has 0 aliphatic carbocycles. The second kappa shape index (κ2) is 11.0. The Morgan fingerprint density at radius 1 is 1.03 bits per heavy atom. The van der Waals surface area contributed by atoms with Crippen LogP contribution in [0.4, 0.5) is 4.79 Å². The van der Waals surface area contributed by atoms with Gasteiger partial charge in [-0.15, -0.1) is 0 Å². The highest BCUT2D eigenvalue weighted by molar-refractivity contribution is 7.84. The van der Waals surface area contributed by atoms with Crippen LogP contribution in [0.25, 0.3) is 11.3 Å². The van der Waals surface area contributed by atoms with Crippen molar-refractivity contribution in [1.29, 1.82) is 0 Å². The summed E-state index contributed by atoms with van der Waals surface area (Å²) in [6, 6.07) is 17.1. The fourth-order valence-corrected chi connectivity index (χ4v) is 4.17. The van der Waals surface area contributed by atoms with Gasteiger partial charge in [0, 0.05) is 40.6 Å². The zero-order chi connectivity index (χ0) is 23.0. The first-order valence-corrected chi connectivity index (χ1v) is 12.5. The van der Waals surface area contributed by atoms with Crippen molar-refractivity contribution in [2.75, 3.05) is 26.0 Å². The van der Waals surface area contributed by atoms with Gasteiger partial charge in [0.25, 0.3) is 0 Å². The lowest BCUT2D eigenvalue weighted by Gasteiger charge is -2.31. The Kier molecular flexibility index (Phi) is 7.67. The molecule has 1 saturated heterocycles. The van der Waals surface area contributed by atoms with E-state index in [-0.39, 0.29) is 6.09 Å². The first-order valence-electron chi connectivity index (χ1n) is 10.9. The normalized spacial score (nSPS) is 15.1. The predicted molar refractivity (Wildman–Crippen MR) is 126 cm³/mol. The molecule has 1 unspecified atom stereocenters. The van der Waals surface area contributed by atoms with E-state index < -0.39 is 10.8 Å². The number of ether oxygens (including phenoxy) is 2. The van der Waals surface area contributed by atoms with Crippen molar-refractivity contribution < 1.29 is 18.5 Å². The molecule has 0 radical (unpaired) electrons. The van der Waals surface area contributed by atoms with Gasteiger partial charge >= 0.3 is 6.09 Å². The van der Waals surface area contributed by atoms with Crippen LogP contribution in [0.1, 0.15) is 18.4 Å². The minimum absolute atomic E-state index is 0.266. The highest BCUT2D eigenvalue weighted by atomic mass is 32.2. The number of aromatic nitrogens is 2. The summed E-state index contributed by atoms with van der Waals surface area (Å²) in [5.41, 5.74) is 2.63. The lowest BCUT2D eigenvalue weighted by molar-refractivity contribution is 0.0757. The van der Waals surface area contributed by atoms with E-state index in [0.717, 1.165) is 34.6 Å². The third kappa shape index (κ3) is 6.38. The highest BCUT2D eigenvalue weighted by Gasteiger charge is 2.24. The van der Waals surface area contributed by atoms with Crippen LogP contribution in [0.15, 0.2) is 71.9 Å². The molecular weight excluding hydrogens is 438 g/mol. The Morgan fingerprint density at radius 2 is 1.76 bits per heavy atom. The first-order chi connectivity index (χ1) is 16.1. The summed E-state index contributed by atoms with van der Waals surface area (Å²) in [6.45, 7) is 2.15. The number of nitrogens with zero attached hydrogens (tertiary/aromatic N) is 3. The van der Waals surface area contributed by atoms with Crippen molar-refractivity contribution in [2.24, 2.45) is 5.92 Å². The van der Waals surface area contributed by atoms with Crippen LogP contribution >= 0.6 is 0 Å². The molecule has 1 aliphatic heterocycles. The Morgan fingerprint density at radius 3 is 2.39 bits per heavy atom. The Labute approximate surface area is 196 Å². The monoisotopic (exact) mass is 465 g/mol. The average molecular weight is 466 g/mol. The standard InChI is InChI=1S/C25H27N3O4S/c1-33(30)22-9-7-21(8-10-22)23-15-27-24(16-26-23)31-17-20-11-13-28(14-12-20)25(29)32-18-19-5-3-2-4-6-19/h2-10,15-16,20H,11-14,17-18H2,1H3. The number of piperidine rings is 1. The van der Waals surface area contributed by atoms with E-state index in [4.69, 9.17) is 9.47 Å². The lowest BCUT2D eigenvalue weighted by atomic mass is 9.98. The van der Waals surface area contributed by atoms with Crippen molar-refractivity contribution in [3.05, 3.63) is 72.6 Å². The molecule has 2 aromatic carbocycles. The number of rotatable bonds is 7. The second-order valence-electron chi connectivity index (χ2n) is 8.00. The molecule has 1 fully saturated rings. The van der Waals surface area contributed by atoms with Gasteiger partial charge in [-0.1, -0.05) is 42.5 Å². The van der Waals surface area contributed by atoms with Gasteiger partial charge in [-0.3, -0.25) is 4.21 Å². The largest absolute Gasteiger partial charge is 0.476 e. The number of amides is 1. The summed E-state index contributed by atoms with van der Waals surface area (Å²) in [6.07, 6.45) is 6.41. The summed E-state index contributed by atoms with van der Waals surface area (Å²) in [4.78, 5) is 23.6. The molecule has 172 valence electrons. The van der Waals surface area contributed by atoms with Gasteiger partial charge in [-0.25, -0.2) is 14.8 Å². The molecule has 1 aromatic heterocycles. The van der Waals surface area contributed by atoms with Crippen LogP contribution in [0.3, 0.4) is 0 Å². The molecule has 4 rings (SSSR count). The molecule has 0 saturated carbocycles.